The molecule has 5 heterocycles. The van der Waals surface area contributed by atoms with Crippen LogP contribution in [-0.2, 0) is 10.7 Å². The van der Waals surface area contributed by atoms with Gasteiger partial charge in [-0.25, -0.2) is 13.8 Å². The van der Waals surface area contributed by atoms with Crippen LogP contribution in [-0.4, -0.2) is 63.7 Å². The van der Waals surface area contributed by atoms with Gasteiger partial charge in [0.15, 0.2) is 11.6 Å². The molecule has 0 saturated carbocycles. The Morgan fingerprint density at radius 3 is 2.73 bits per heavy atom. The number of aromatic nitrogens is 7. The first-order valence-electron chi connectivity index (χ1n) is 12.1. The Morgan fingerprint density at radius 2 is 1.98 bits per heavy atom. The molecule has 10 nitrogen and oxygen atoms in total. The number of alkyl halides is 2. The van der Waals surface area contributed by atoms with Gasteiger partial charge in [0.25, 0.3) is 0 Å². The summed E-state index contributed by atoms with van der Waals surface area (Å²) >= 11 is 6.07. The SMILES string of the molecule is O=C1C=C(c2c(-n3cnnn3)ccc(Cl)c2F)CC2CCC(c3ncc(-c4ccnc(C(F)(F)CO)c4F)[nH]3)N12. The molecule has 2 N–H and O–H groups in total. The number of benzene rings is 1. The van der Waals surface area contributed by atoms with E-state index in [4.69, 9.17) is 16.7 Å². The Labute approximate surface area is 228 Å². The number of hydrogen-bond acceptors (Lipinski definition) is 7. The Bertz CT molecular complexity index is 1640. The fraction of sp³-hybridized carbons (Fsp3) is 0.280. The minimum Gasteiger partial charge on any atom is -0.390 e. The number of nitrogens with zero attached hydrogens (tertiary/aromatic N) is 7. The Kier molecular flexibility index (Phi) is 6.38. The average Bonchev–Trinajstić information content (AvgIpc) is 3.71. The van der Waals surface area contributed by atoms with E-state index in [0.717, 1.165) is 6.20 Å². The van der Waals surface area contributed by atoms with E-state index in [9.17, 15) is 18.0 Å². The molecule has 1 fully saturated rings. The van der Waals surface area contributed by atoms with Crippen LogP contribution in [0.15, 0.2) is 43.0 Å². The summed E-state index contributed by atoms with van der Waals surface area (Å²) in [7, 11) is 0. The monoisotopic (exact) mass is 574 g/mol. The normalized spacial score (nSPS) is 19.2. The van der Waals surface area contributed by atoms with Crippen LogP contribution >= 0.6 is 11.6 Å². The summed E-state index contributed by atoms with van der Waals surface area (Å²) in [6.07, 6.45) is 6.36. The van der Waals surface area contributed by atoms with Crippen LogP contribution in [0.4, 0.5) is 17.6 Å². The van der Waals surface area contributed by atoms with E-state index in [1.165, 1.54) is 35.4 Å². The predicted molar refractivity (Wildman–Crippen MR) is 132 cm³/mol. The molecule has 2 aliphatic rings. The lowest BCUT2D eigenvalue weighted by molar-refractivity contribution is -0.129. The lowest BCUT2D eigenvalue weighted by atomic mass is 9.92. The first-order valence-corrected chi connectivity index (χ1v) is 12.5. The van der Waals surface area contributed by atoms with E-state index in [0.29, 0.717) is 36.3 Å². The van der Waals surface area contributed by atoms with Gasteiger partial charge in [-0.05, 0) is 53.5 Å². The first kappa shape index (κ1) is 26.1. The number of aliphatic hydroxyl groups is 1. The van der Waals surface area contributed by atoms with E-state index < -0.39 is 35.9 Å². The predicted octanol–water partition coefficient (Wildman–Crippen LogP) is 3.98. The van der Waals surface area contributed by atoms with E-state index in [-0.39, 0.29) is 33.8 Å². The molecule has 40 heavy (non-hydrogen) atoms. The maximum atomic E-state index is 15.3. The molecular weight excluding hydrogens is 556 g/mol. The van der Waals surface area contributed by atoms with Crippen molar-refractivity contribution >= 4 is 23.1 Å². The van der Waals surface area contributed by atoms with Gasteiger partial charge >= 0.3 is 5.92 Å². The van der Waals surface area contributed by atoms with Crippen molar-refractivity contribution in [2.24, 2.45) is 0 Å². The standard InChI is InChI=1S/C25H19ClF4N8O2/c26-15-2-4-17(37-11-33-35-36-37)20(22(15)28)12-7-13-1-3-18(38(13)19(40)8-12)24-32-9-16(34-24)14-5-6-31-23(21(14)27)25(29,30)10-39/h2,4-6,8-9,11,13,18,39H,1,3,7,10H2,(H,32,34). The van der Waals surface area contributed by atoms with Crippen molar-refractivity contribution < 1.29 is 27.5 Å². The molecule has 0 aliphatic carbocycles. The summed E-state index contributed by atoms with van der Waals surface area (Å²) in [5.41, 5.74) is -0.377. The quantitative estimate of drug-likeness (QED) is 0.334. The van der Waals surface area contributed by atoms with Crippen molar-refractivity contribution in [1.82, 2.24) is 40.1 Å². The van der Waals surface area contributed by atoms with Crippen molar-refractivity contribution in [2.75, 3.05) is 6.61 Å². The van der Waals surface area contributed by atoms with Crippen LogP contribution in [0.3, 0.4) is 0 Å². The number of rotatable bonds is 6. The van der Waals surface area contributed by atoms with Crippen molar-refractivity contribution in [3.8, 4) is 16.9 Å². The molecule has 6 rings (SSSR count). The molecule has 2 aliphatic heterocycles. The number of carbonyl (C=O) groups excluding carboxylic acids is 1. The van der Waals surface area contributed by atoms with E-state index >= 15 is 4.39 Å². The molecule has 1 amide bonds. The van der Waals surface area contributed by atoms with Crippen LogP contribution in [0.25, 0.3) is 22.5 Å². The summed E-state index contributed by atoms with van der Waals surface area (Å²) in [5, 5.41) is 19.9. The van der Waals surface area contributed by atoms with Crippen LogP contribution in [0, 0.1) is 11.6 Å². The highest BCUT2D eigenvalue weighted by atomic mass is 35.5. The van der Waals surface area contributed by atoms with Gasteiger partial charge in [-0.1, -0.05) is 11.6 Å². The van der Waals surface area contributed by atoms with Gasteiger partial charge in [-0.2, -0.15) is 13.5 Å². The zero-order valence-corrected chi connectivity index (χ0v) is 21.2. The molecule has 3 aromatic heterocycles. The number of pyridine rings is 1. The summed E-state index contributed by atoms with van der Waals surface area (Å²) in [6.45, 7) is -1.60. The van der Waals surface area contributed by atoms with Crippen molar-refractivity contribution in [1.29, 1.82) is 0 Å². The number of hydrogen-bond donors (Lipinski definition) is 2. The minimum absolute atomic E-state index is 0.112. The van der Waals surface area contributed by atoms with Crippen LogP contribution < -0.4 is 0 Å². The highest BCUT2D eigenvalue weighted by molar-refractivity contribution is 6.31. The smallest absolute Gasteiger partial charge is 0.315 e. The molecule has 0 radical (unpaired) electrons. The van der Waals surface area contributed by atoms with Gasteiger partial charge in [0.05, 0.1) is 28.6 Å². The van der Waals surface area contributed by atoms with Gasteiger partial charge in [0, 0.05) is 29.4 Å². The topological polar surface area (TPSA) is 126 Å². The van der Waals surface area contributed by atoms with Gasteiger partial charge in [-0.3, -0.25) is 9.78 Å². The second kappa shape index (κ2) is 9.78. The maximum absolute atomic E-state index is 15.3. The summed E-state index contributed by atoms with van der Waals surface area (Å²) < 4.78 is 59.4. The number of tetrazole rings is 1. The lowest BCUT2D eigenvalue weighted by Crippen LogP contribution is -2.39. The maximum Gasteiger partial charge on any atom is 0.315 e. The third-order valence-electron chi connectivity index (χ3n) is 7.14. The molecule has 15 heteroatoms. The number of fused-ring (bicyclic) bond motifs is 1. The second-order valence-corrected chi connectivity index (χ2v) is 9.85. The highest BCUT2D eigenvalue weighted by Gasteiger charge is 2.42. The molecular formula is C25H19ClF4N8O2. The second-order valence-electron chi connectivity index (χ2n) is 9.44. The zero-order valence-electron chi connectivity index (χ0n) is 20.4. The van der Waals surface area contributed by atoms with E-state index in [1.807, 2.05) is 0 Å². The van der Waals surface area contributed by atoms with Gasteiger partial charge < -0.3 is 15.0 Å². The number of aliphatic hydroxyl groups excluding tert-OH is 1. The fourth-order valence-corrected chi connectivity index (χ4v) is 5.49. The molecule has 2 unspecified atom stereocenters. The molecule has 206 valence electrons. The Balaban J connectivity index is 1.31. The average molecular weight is 575 g/mol. The highest BCUT2D eigenvalue weighted by Crippen LogP contribution is 2.44. The van der Waals surface area contributed by atoms with Crippen LogP contribution in [0.2, 0.25) is 5.02 Å². The first-order chi connectivity index (χ1) is 19.2. The molecule has 1 saturated heterocycles. The molecule has 4 aromatic rings. The lowest BCUT2D eigenvalue weighted by Gasteiger charge is -2.33. The number of nitrogens with one attached hydrogen (secondary N) is 1. The summed E-state index contributed by atoms with van der Waals surface area (Å²) in [4.78, 5) is 25.7. The largest absolute Gasteiger partial charge is 0.390 e. The Morgan fingerprint density at radius 1 is 1.15 bits per heavy atom. The molecule has 0 bridgehead atoms. The van der Waals surface area contributed by atoms with Crippen molar-refractivity contribution in [3.63, 3.8) is 0 Å². The Hall–Kier alpha value is -4.17. The number of carbonyl (C=O) groups is 1. The summed E-state index contributed by atoms with van der Waals surface area (Å²) in [5.74, 6) is -5.88. The van der Waals surface area contributed by atoms with Gasteiger partial charge in [0.2, 0.25) is 5.91 Å². The van der Waals surface area contributed by atoms with E-state index in [1.54, 1.807) is 11.0 Å². The van der Waals surface area contributed by atoms with Gasteiger partial charge in [0.1, 0.15) is 24.5 Å². The van der Waals surface area contributed by atoms with Crippen LogP contribution in [0.1, 0.15) is 42.4 Å². The number of amides is 1. The third kappa shape index (κ3) is 4.23. The zero-order chi connectivity index (χ0) is 28.2. The molecule has 0 spiro atoms. The van der Waals surface area contributed by atoms with Crippen LogP contribution in [0.5, 0.6) is 0 Å². The van der Waals surface area contributed by atoms with Crippen molar-refractivity contribution in [2.45, 2.75) is 37.3 Å². The third-order valence-corrected chi connectivity index (χ3v) is 7.43. The summed E-state index contributed by atoms with van der Waals surface area (Å²) in [6, 6.07) is 3.36. The number of halogens is 5. The number of imidazole rings is 1. The minimum atomic E-state index is -3.86. The van der Waals surface area contributed by atoms with Gasteiger partial charge in [-0.15, -0.1) is 5.10 Å². The number of H-pyrrole nitrogens is 1. The molecule has 2 atom stereocenters. The van der Waals surface area contributed by atoms with Crippen molar-refractivity contribution in [3.05, 3.63) is 76.7 Å². The number of aromatic amines is 1. The fourth-order valence-electron chi connectivity index (χ4n) is 5.33. The molecule has 1 aromatic carbocycles. The van der Waals surface area contributed by atoms with E-state index in [2.05, 4.69) is 30.5 Å².